The van der Waals surface area contributed by atoms with E-state index >= 15 is 0 Å². The number of nitrogens with zero attached hydrogens (tertiary/aromatic N) is 3. The van der Waals surface area contributed by atoms with Crippen LogP contribution in [0.25, 0.3) is 5.82 Å². The van der Waals surface area contributed by atoms with Crippen molar-refractivity contribution in [3.63, 3.8) is 0 Å². The van der Waals surface area contributed by atoms with Gasteiger partial charge in [-0.1, -0.05) is 12.1 Å². The Labute approximate surface area is 166 Å². The summed E-state index contributed by atoms with van der Waals surface area (Å²) in [5.74, 6) is 0.574. The van der Waals surface area contributed by atoms with Crippen LogP contribution in [0.2, 0.25) is 0 Å². The lowest BCUT2D eigenvalue weighted by molar-refractivity contribution is 0.454. The van der Waals surface area contributed by atoms with Crippen LogP contribution in [0.3, 0.4) is 0 Å². The third-order valence-corrected chi connectivity index (χ3v) is 5.36. The molecule has 0 saturated carbocycles. The topological polar surface area (TPSA) is 86.1 Å². The average molecular weight is 410 g/mol. The molecule has 0 atom stereocenters. The highest BCUT2D eigenvalue weighted by Gasteiger charge is 2.18. The van der Waals surface area contributed by atoms with E-state index in [0.29, 0.717) is 17.4 Å². The summed E-state index contributed by atoms with van der Waals surface area (Å²) in [6.07, 6.45) is 3.71. The molecule has 0 aliphatic carbocycles. The van der Waals surface area contributed by atoms with E-state index in [1.54, 1.807) is 24.3 Å². The summed E-state index contributed by atoms with van der Waals surface area (Å²) in [7, 11) is -4.03. The van der Waals surface area contributed by atoms with Crippen LogP contribution in [0, 0.1) is 5.82 Å². The third kappa shape index (κ3) is 4.25. The Balaban J connectivity index is 1.45. The van der Waals surface area contributed by atoms with Gasteiger partial charge in [-0.2, -0.15) is 0 Å². The molecule has 0 spiro atoms. The van der Waals surface area contributed by atoms with E-state index in [-0.39, 0.29) is 5.69 Å². The summed E-state index contributed by atoms with van der Waals surface area (Å²) in [5, 5.41) is 8.10. The first-order chi connectivity index (χ1) is 14.0. The Kier molecular flexibility index (Phi) is 4.96. The van der Waals surface area contributed by atoms with Crippen molar-refractivity contribution >= 4 is 15.7 Å². The predicted octanol–water partition coefficient (Wildman–Crippen LogP) is 4.00. The molecule has 7 nitrogen and oxygen atoms in total. The summed E-state index contributed by atoms with van der Waals surface area (Å²) in [5.41, 5.74) is 0.273. The van der Waals surface area contributed by atoms with Crippen LogP contribution in [0.1, 0.15) is 0 Å². The van der Waals surface area contributed by atoms with Crippen molar-refractivity contribution in [2.24, 2.45) is 0 Å². The van der Waals surface area contributed by atoms with Crippen molar-refractivity contribution in [1.29, 1.82) is 0 Å². The molecule has 0 aliphatic rings. The lowest BCUT2D eigenvalue weighted by Crippen LogP contribution is -2.14. The molecule has 2 aromatic carbocycles. The zero-order valence-electron chi connectivity index (χ0n) is 14.9. The van der Waals surface area contributed by atoms with Gasteiger partial charge in [0.1, 0.15) is 16.5 Å². The largest absolute Gasteiger partial charge is 0.438 e. The summed E-state index contributed by atoms with van der Waals surface area (Å²) in [6.45, 7) is 0. The predicted molar refractivity (Wildman–Crippen MR) is 105 cm³/mol. The maximum absolute atomic E-state index is 13.8. The standard InChI is InChI=1S/C20H15FN4O3S/c21-17-5-1-2-6-18(17)29(26,27)24-15-7-9-16(10-8-15)28-20-12-11-19(22-23-20)25-13-3-4-14-25/h1-14,24H. The zero-order chi connectivity index (χ0) is 20.3. The monoisotopic (exact) mass is 410 g/mol. The number of sulfonamides is 1. The normalized spacial score (nSPS) is 11.2. The Hall–Kier alpha value is -3.72. The van der Waals surface area contributed by atoms with Gasteiger partial charge in [-0.15, -0.1) is 10.2 Å². The molecule has 0 aliphatic heterocycles. The summed E-state index contributed by atoms with van der Waals surface area (Å²) >= 11 is 0. The number of nitrogens with one attached hydrogen (secondary N) is 1. The lowest BCUT2D eigenvalue weighted by Gasteiger charge is -2.10. The van der Waals surface area contributed by atoms with Gasteiger partial charge in [-0.25, -0.2) is 12.8 Å². The second kappa shape index (κ2) is 7.72. The van der Waals surface area contributed by atoms with Gasteiger partial charge in [0.15, 0.2) is 5.82 Å². The molecule has 4 rings (SSSR count). The van der Waals surface area contributed by atoms with Crippen LogP contribution in [-0.2, 0) is 10.0 Å². The molecule has 2 aromatic heterocycles. The van der Waals surface area contributed by atoms with Crippen molar-refractivity contribution in [1.82, 2.24) is 14.8 Å². The number of ether oxygens (including phenoxy) is 1. The molecule has 9 heteroatoms. The zero-order valence-corrected chi connectivity index (χ0v) is 15.8. The quantitative estimate of drug-likeness (QED) is 0.519. The van der Waals surface area contributed by atoms with Gasteiger partial charge >= 0.3 is 0 Å². The average Bonchev–Trinajstić information content (AvgIpc) is 3.25. The van der Waals surface area contributed by atoms with Gasteiger partial charge in [0.2, 0.25) is 5.88 Å². The third-order valence-electron chi connectivity index (χ3n) is 3.95. The lowest BCUT2D eigenvalue weighted by atomic mass is 10.3. The molecule has 0 amide bonds. The first-order valence-electron chi connectivity index (χ1n) is 8.54. The van der Waals surface area contributed by atoms with E-state index in [9.17, 15) is 12.8 Å². The Morgan fingerprint density at radius 3 is 2.24 bits per heavy atom. The SMILES string of the molecule is O=S(=O)(Nc1ccc(Oc2ccc(-n3cccc3)nn2)cc1)c1ccccc1F. The molecular formula is C20H15FN4O3S. The minimum atomic E-state index is -4.03. The van der Waals surface area contributed by atoms with Crippen LogP contribution in [0.5, 0.6) is 11.6 Å². The number of halogens is 1. The maximum Gasteiger partial charge on any atom is 0.264 e. The van der Waals surface area contributed by atoms with Crippen LogP contribution in [-0.4, -0.2) is 23.2 Å². The van der Waals surface area contributed by atoms with Crippen molar-refractivity contribution in [2.75, 3.05) is 4.72 Å². The second-order valence-electron chi connectivity index (χ2n) is 5.98. The number of anilines is 1. The highest BCUT2D eigenvalue weighted by molar-refractivity contribution is 7.92. The highest BCUT2D eigenvalue weighted by Crippen LogP contribution is 2.24. The van der Waals surface area contributed by atoms with E-state index in [1.807, 2.05) is 29.1 Å². The molecule has 2 heterocycles. The van der Waals surface area contributed by atoms with Gasteiger partial charge < -0.3 is 9.30 Å². The van der Waals surface area contributed by atoms with Gasteiger partial charge in [0.25, 0.3) is 10.0 Å². The van der Waals surface area contributed by atoms with Crippen molar-refractivity contribution in [3.05, 3.63) is 91.0 Å². The van der Waals surface area contributed by atoms with Gasteiger partial charge in [-0.3, -0.25) is 4.72 Å². The Morgan fingerprint density at radius 2 is 1.59 bits per heavy atom. The van der Waals surface area contributed by atoms with Crippen LogP contribution in [0.15, 0.2) is 90.1 Å². The molecule has 4 aromatic rings. The smallest absolute Gasteiger partial charge is 0.264 e. The maximum atomic E-state index is 13.8. The molecule has 1 N–H and O–H groups in total. The molecule has 0 unspecified atom stereocenters. The first kappa shape index (κ1) is 18.6. The molecule has 0 fully saturated rings. The molecule has 0 radical (unpaired) electrons. The summed E-state index contributed by atoms with van der Waals surface area (Å²) in [4.78, 5) is -0.418. The van der Waals surface area contributed by atoms with E-state index < -0.39 is 20.7 Å². The first-order valence-corrected chi connectivity index (χ1v) is 10.0. The van der Waals surface area contributed by atoms with E-state index in [2.05, 4.69) is 14.9 Å². The molecule has 0 saturated heterocycles. The number of hydrogen-bond acceptors (Lipinski definition) is 5. The fourth-order valence-electron chi connectivity index (χ4n) is 2.58. The number of rotatable bonds is 6. The minimum absolute atomic E-state index is 0.273. The number of aromatic nitrogens is 3. The fraction of sp³-hybridized carbons (Fsp3) is 0. The Bertz CT molecular complexity index is 1210. The van der Waals surface area contributed by atoms with E-state index in [0.717, 1.165) is 6.07 Å². The molecule has 0 bridgehead atoms. The minimum Gasteiger partial charge on any atom is -0.438 e. The van der Waals surface area contributed by atoms with Gasteiger partial charge in [0, 0.05) is 24.1 Å². The molecular weight excluding hydrogens is 395 g/mol. The van der Waals surface area contributed by atoms with E-state index in [4.69, 9.17) is 4.74 Å². The molecule has 146 valence electrons. The number of benzene rings is 2. The Morgan fingerprint density at radius 1 is 0.862 bits per heavy atom. The number of hydrogen-bond donors (Lipinski definition) is 1. The van der Waals surface area contributed by atoms with Crippen LogP contribution in [0.4, 0.5) is 10.1 Å². The van der Waals surface area contributed by atoms with Gasteiger partial charge in [-0.05, 0) is 54.6 Å². The summed E-state index contributed by atoms with van der Waals surface area (Å²) in [6, 6.07) is 18.5. The van der Waals surface area contributed by atoms with Crippen LogP contribution >= 0.6 is 0 Å². The van der Waals surface area contributed by atoms with Crippen molar-refractivity contribution < 1.29 is 17.5 Å². The summed E-state index contributed by atoms with van der Waals surface area (Å²) < 4.78 is 48.2. The fourth-order valence-corrected chi connectivity index (χ4v) is 3.72. The van der Waals surface area contributed by atoms with E-state index in [1.165, 1.54) is 30.3 Å². The van der Waals surface area contributed by atoms with Crippen molar-refractivity contribution in [3.8, 4) is 17.4 Å². The highest BCUT2D eigenvalue weighted by atomic mass is 32.2. The second-order valence-corrected chi connectivity index (χ2v) is 7.63. The van der Waals surface area contributed by atoms with Gasteiger partial charge in [0.05, 0.1) is 0 Å². The molecule has 29 heavy (non-hydrogen) atoms. The van der Waals surface area contributed by atoms with Crippen LogP contribution < -0.4 is 9.46 Å². The van der Waals surface area contributed by atoms with Crippen molar-refractivity contribution in [2.45, 2.75) is 4.90 Å².